The van der Waals surface area contributed by atoms with Crippen LogP contribution in [0.15, 0.2) is 18.2 Å². The summed E-state index contributed by atoms with van der Waals surface area (Å²) in [7, 11) is -1.96. The zero-order chi connectivity index (χ0) is 15.2. The molecule has 1 aromatic rings. The molecule has 4 N–H and O–H groups in total. The van der Waals surface area contributed by atoms with Crippen LogP contribution in [0.2, 0.25) is 0 Å². The average molecular weight is 301 g/mol. The van der Waals surface area contributed by atoms with Gasteiger partial charge in [0.25, 0.3) is 0 Å². The summed E-state index contributed by atoms with van der Waals surface area (Å²) in [5, 5.41) is 2.65. The first-order chi connectivity index (χ1) is 9.41. The van der Waals surface area contributed by atoms with Gasteiger partial charge in [-0.15, -0.1) is 0 Å². The van der Waals surface area contributed by atoms with Crippen LogP contribution in [0.4, 0.5) is 11.4 Å². The highest BCUT2D eigenvalue weighted by molar-refractivity contribution is 7.92. The number of methoxy groups -OCH3 is 1. The van der Waals surface area contributed by atoms with Crippen LogP contribution < -0.4 is 20.5 Å². The number of rotatable bonds is 7. The molecule has 0 heterocycles. The van der Waals surface area contributed by atoms with E-state index >= 15 is 0 Å². The Labute approximate surface area is 118 Å². The first kappa shape index (κ1) is 16.3. The fourth-order valence-corrected chi connectivity index (χ4v) is 2.10. The topological polar surface area (TPSA) is 111 Å². The minimum atomic E-state index is -3.38. The van der Waals surface area contributed by atoms with E-state index in [1.807, 2.05) is 0 Å². The largest absolute Gasteiger partial charge is 0.494 e. The molecule has 1 amide bonds. The van der Waals surface area contributed by atoms with Crippen molar-refractivity contribution in [2.24, 2.45) is 5.73 Å². The molecule has 0 aliphatic carbocycles. The van der Waals surface area contributed by atoms with Crippen molar-refractivity contribution in [2.45, 2.75) is 13.3 Å². The van der Waals surface area contributed by atoms with Crippen molar-refractivity contribution >= 4 is 27.3 Å². The molecule has 0 aromatic heterocycles. The average Bonchev–Trinajstić information content (AvgIpc) is 2.40. The number of amides is 1. The molecule has 20 heavy (non-hydrogen) atoms. The smallest absolute Gasteiger partial charge is 0.232 e. The summed E-state index contributed by atoms with van der Waals surface area (Å²) >= 11 is 0. The minimum Gasteiger partial charge on any atom is -0.494 e. The van der Waals surface area contributed by atoms with Crippen LogP contribution in [0.1, 0.15) is 13.3 Å². The second-order valence-electron chi connectivity index (χ2n) is 4.01. The second kappa shape index (κ2) is 7.11. The van der Waals surface area contributed by atoms with Crippen LogP contribution in [-0.2, 0) is 14.8 Å². The summed E-state index contributed by atoms with van der Waals surface area (Å²) in [6.45, 7) is 1.80. The molecule has 112 valence electrons. The van der Waals surface area contributed by atoms with Gasteiger partial charge in [-0.1, -0.05) is 0 Å². The Bertz CT molecular complexity index is 572. The van der Waals surface area contributed by atoms with Crippen molar-refractivity contribution in [3.05, 3.63) is 18.2 Å². The molecule has 0 saturated heterocycles. The van der Waals surface area contributed by atoms with Crippen LogP contribution in [0.5, 0.6) is 5.75 Å². The van der Waals surface area contributed by atoms with E-state index in [1.54, 1.807) is 12.1 Å². The van der Waals surface area contributed by atoms with Gasteiger partial charge in [0.2, 0.25) is 15.9 Å². The number of carbonyl (C=O) groups is 1. The minimum absolute atomic E-state index is 0.0366. The SMILES string of the molecule is CCS(=O)(=O)Nc1ccc(NC(=O)CCN)cc1OC. The summed E-state index contributed by atoms with van der Waals surface area (Å²) in [6.07, 6.45) is 0.215. The molecule has 0 radical (unpaired) electrons. The third-order valence-electron chi connectivity index (χ3n) is 2.50. The zero-order valence-electron chi connectivity index (χ0n) is 11.5. The number of nitrogens with one attached hydrogen (secondary N) is 2. The van der Waals surface area contributed by atoms with Crippen LogP contribution in [0.3, 0.4) is 0 Å². The Kier molecular flexibility index (Phi) is 5.78. The molecule has 0 bridgehead atoms. The van der Waals surface area contributed by atoms with Crippen molar-refractivity contribution in [1.82, 2.24) is 0 Å². The van der Waals surface area contributed by atoms with E-state index in [0.29, 0.717) is 17.1 Å². The second-order valence-corrected chi connectivity index (χ2v) is 6.02. The lowest BCUT2D eigenvalue weighted by Gasteiger charge is -2.13. The number of hydrogen-bond donors (Lipinski definition) is 3. The number of anilines is 2. The van der Waals surface area contributed by atoms with Gasteiger partial charge in [-0.05, 0) is 19.1 Å². The quantitative estimate of drug-likeness (QED) is 0.688. The third kappa shape index (κ3) is 4.71. The molecule has 1 aromatic carbocycles. The van der Waals surface area contributed by atoms with Crippen LogP contribution in [0, 0.1) is 0 Å². The highest BCUT2D eigenvalue weighted by Gasteiger charge is 2.12. The molecule has 0 aliphatic heterocycles. The van der Waals surface area contributed by atoms with Crippen molar-refractivity contribution in [1.29, 1.82) is 0 Å². The Balaban J connectivity index is 2.93. The van der Waals surface area contributed by atoms with Crippen molar-refractivity contribution in [3.8, 4) is 5.75 Å². The normalized spacial score (nSPS) is 10.9. The summed E-state index contributed by atoms with van der Waals surface area (Å²) in [5.74, 6) is 0.0783. The lowest BCUT2D eigenvalue weighted by molar-refractivity contribution is -0.116. The maximum absolute atomic E-state index is 11.5. The van der Waals surface area contributed by atoms with E-state index in [1.165, 1.54) is 20.1 Å². The lowest BCUT2D eigenvalue weighted by atomic mass is 10.2. The van der Waals surface area contributed by atoms with Gasteiger partial charge in [-0.3, -0.25) is 9.52 Å². The third-order valence-corrected chi connectivity index (χ3v) is 3.79. The summed E-state index contributed by atoms with van der Waals surface area (Å²) in [6, 6.07) is 4.66. The number of ether oxygens (including phenoxy) is 1. The Morgan fingerprint density at radius 3 is 2.65 bits per heavy atom. The lowest BCUT2D eigenvalue weighted by Crippen LogP contribution is -2.17. The number of nitrogens with two attached hydrogens (primary N) is 1. The Morgan fingerprint density at radius 1 is 1.40 bits per heavy atom. The van der Waals surface area contributed by atoms with Gasteiger partial charge in [0.15, 0.2) is 0 Å². The molecule has 0 atom stereocenters. The number of sulfonamides is 1. The summed E-state index contributed by atoms with van der Waals surface area (Å²) in [4.78, 5) is 11.4. The summed E-state index contributed by atoms with van der Waals surface area (Å²) < 4.78 is 30.6. The van der Waals surface area contributed by atoms with E-state index in [4.69, 9.17) is 10.5 Å². The highest BCUT2D eigenvalue weighted by Crippen LogP contribution is 2.28. The molecular weight excluding hydrogens is 282 g/mol. The standard InChI is InChI=1S/C12H19N3O4S/c1-3-20(17,18)15-10-5-4-9(8-11(10)19-2)14-12(16)6-7-13/h4-5,8,15H,3,6-7,13H2,1-2H3,(H,14,16). The monoisotopic (exact) mass is 301 g/mol. The van der Waals surface area contributed by atoms with E-state index < -0.39 is 10.0 Å². The molecule has 0 fully saturated rings. The molecule has 0 saturated carbocycles. The van der Waals surface area contributed by atoms with Gasteiger partial charge >= 0.3 is 0 Å². The summed E-state index contributed by atoms with van der Waals surface area (Å²) in [5.41, 5.74) is 6.12. The molecule has 0 unspecified atom stereocenters. The van der Waals surface area contributed by atoms with E-state index in [-0.39, 0.29) is 24.6 Å². The molecule has 7 nitrogen and oxygen atoms in total. The molecule has 1 rings (SSSR count). The molecule has 0 spiro atoms. The molecule has 8 heteroatoms. The van der Waals surface area contributed by atoms with E-state index in [2.05, 4.69) is 10.0 Å². The number of hydrogen-bond acceptors (Lipinski definition) is 5. The Hall–Kier alpha value is -1.80. The highest BCUT2D eigenvalue weighted by atomic mass is 32.2. The fourth-order valence-electron chi connectivity index (χ4n) is 1.45. The van der Waals surface area contributed by atoms with E-state index in [9.17, 15) is 13.2 Å². The number of carbonyl (C=O) groups excluding carboxylic acids is 1. The van der Waals surface area contributed by atoms with E-state index in [0.717, 1.165) is 0 Å². The maximum atomic E-state index is 11.5. The van der Waals surface area contributed by atoms with Crippen molar-refractivity contribution in [2.75, 3.05) is 29.4 Å². The Morgan fingerprint density at radius 2 is 2.10 bits per heavy atom. The van der Waals surface area contributed by atoms with Crippen LogP contribution in [-0.4, -0.2) is 33.7 Å². The van der Waals surface area contributed by atoms with Gasteiger partial charge in [-0.25, -0.2) is 8.42 Å². The van der Waals surface area contributed by atoms with Gasteiger partial charge in [0.05, 0.1) is 18.6 Å². The fraction of sp³-hybridized carbons (Fsp3) is 0.417. The maximum Gasteiger partial charge on any atom is 0.232 e. The molecular formula is C12H19N3O4S. The van der Waals surface area contributed by atoms with Crippen LogP contribution in [0.25, 0.3) is 0 Å². The number of benzene rings is 1. The van der Waals surface area contributed by atoms with Crippen molar-refractivity contribution in [3.63, 3.8) is 0 Å². The zero-order valence-corrected chi connectivity index (χ0v) is 12.3. The first-order valence-electron chi connectivity index (χ1n) is 6.10. The first-order valence-corrected chi connectivity index (χ1v) is 7.75. The van der Waals surface area contributed by atoms with Crippen molar-refractivity contribution < 1.29 is 17.9 Å². The predicted molar refractivity (Wildman–Crippen MR) is 78.4 cm³/mol. The van der Waals surface area contributed by atoms with Crippen LogP contribution >= 0.6 is 0 Å². The van der Waals surface area contributed by atoms with Gasteiger partial charge in [-0.2, -0.15) is 0 Å². The predicted octanol–water partition coefficient (Wildman–Crippen LogP) is 0.744. The molecule has 0 aliphatic rings. The van der Waals surface area contributed by atoms with Gasteiger partial charge < -0.3 is 15.8 Å². The van der Waals surface area contributed by atoms with Gasteiger partial charge in [0.1, 0.15) is 5.75 Å². The van der Waals surface area contributed by atoms with Gasteiger partial charge in [0, 0.05) is 24.7 Å².